The summed E-state index contributed by atoms with van der Waals surface area (Å²) >= 11 is 0. The summed E-state index contributed by atoms with van der Waals surface area (Å²) in [6.07, 6.45) is 3.59. The molecule has 1 rings (SSSR count). The van der Waals surface area contributed by atoms with Gasteiger partial charge in [0.1, 0.15) is 0 Å². The van der Waals surface area contributed by atoms with Crippen molar-refractivity contribution in [3.63, 3.8) is 0 Å². The fourth-order valence-corrected chi connectivity index (χ4v) is 1.36. The van der Waals surface area contributed by atoms with Crippen LogP contribution in [-0.4, -0.2) is 11.9 Å². The second-order valence-electron chi connectivity index (χ2n) is 2.87. The molecule has 2 nitrogen and oxygen atoms in total. The van der Waals surface area contributed by atoms with Gasteiger partial charge in [-0.3, -0.25) is 4.79 Å². The SMILES string of the molecule is C=CC[C@@H]1C[C@H](C)NC1=O. The van der Waals surface area contributed by atoms with E-state index >= 15 is 0 Å². The highest BCUT2D eigenvalue weighted by molar-refractivity contribution is 5.81. The summed E-state index contributed by atoms with van der Waals surface area (Å²) in [4.78, 5) is 11.0. The predicted octanol–water partition coefficient (Wildman–Crippen LogP) is 1.09. The molecule has 10 heavy (non-hydrogen) atoms. The fraction of sp³-hybridized carbons (Fsp3) is 0.625. The van der Waals surface area contributed by atoms with Gasteiger partial charge in [0.05, 0.1) is 0 Å². The summed E-state index contributed by atoms with van der Waals surface area (Å²) in [7, 11) is 0. The lowest BCUT2D eigenvalue weighted by Crippen LogP contribution is -2.23. The predicted molar refractivity (Wildman–Crippen MR) is 40.5 cm³/mol. The average molecular weight is 139 g/mol. The highest BCUT2D eigenvalue weighted by atomic mass is 16.2. The molecule has 0 spiro atoms. The molecule has 0 aliphatic carbocycles. The van der Waals surface area contributed by atoms with Gasteiger partial charge in [-0.1, -0.05) is 6.08 Å². The van der Waals surface area contributed by atoms with Crippen LogP contribution in [0.2, 0.25) is 0 Å². The van der Waals surface area contributed by atoms with Crippen molar-refractivity contribution in [2.45, 2.75) is 25.8 Å². The zero-order valence-corrected chi connectivity index (χ0v) is 6.26. The van der Waals surface area contributed by atoms with E-state index in [1.54, 1.807) is 0 Å². The molecule has 1 fully saturated rings. The molecule has 0 aromatic rings. The van der Waals surface area contributed by atoms with Crippen molar-refractivity contribution in [3.8, 4) is 0 Å². The number of amides is 1. The van der Waals surface area contributed by atoms with Gasteiger partial charge in [-0.25, -0.2) is 0 Å². The molecule has 56 valence electrons. The second-order valence-corrected chi connectivity index (χ2v) is 2.87. The zero-order chi connectivity index (χ0) is 7.56. The Balaban J connectivity index is 2.46. The van der Waals surface area contributed by atoms with E-state index in [4.69, 9.17) is 0 Å². The Bertz CT molecular complexity index is 153. The van der Waals surface area contributed by atoms with Crippen molar-refractivity contribution in [3.05, 3.63) is 12.7 Å². The Morgan fingerprint density at radius 2 is 2.60 bits per heavy atom. The maximum atomic E-state index is 11.0. The van der Waals surface area contributed by atoms with Crippen molar-refractivity contribution >= 4 is 5.91 Å². The zero-order valence-electron chi connectivity index (χ0n) is 6.26. The van der Waals surface area contributed by atoms with E-state index in [1.807, 2.05) is 13.0 Å². The normalized spacial score (nSPS) is 31.9. The maximum absolute atomic E-state index is 11.0. The van der Waals surface area contributed by atoms with E-state index < -0.39 is 0 Å². The number of carbonyl (C=O) groups is 1. The summed E-state index contributed by atoms with van der Waals surface area (Å²) in [6.45, 7) is 5.63. The van der Waals surface area contributed by atoms with Gasteiger partial charge in [0.2, 0.25) is 5.91 Å². The van der Waals surface area contributed by atoms with Gasteiger partial charge in [-0.2, -0.15) is 0 Å². The number of hydrogen-bond donors (Lipinski definition) is 1. The number of carbonyl (C=O) groups excluding carboxylic acids is 1. The summed E-state index contributed by atoms with van der Waals surface area (Å²) in [5, 5.41) is 2.86. The van der Waals surface area contributed by atoms with E-state index in [9.17, 15) is 4.79 Å². The van der Waals surface area contributed by atoms with Gasteiger partial charge in [0.15, 0.2) is 0 Å². The smallest absolute Gasteiger partial charge is 0.223 e. The Morgan fingerprint density at radius 1 is 1.90 bits per heavy atom. The number of allylic oxidation sites excluding steroid dienone is 1. The highest BCUT2D eigenvalue weighted by Crippen LogP contribution is 2.18. The summed E-state index contributed by atoms with van der Waals surface area (Å²) in [5.74, 6) is 0.375. The van der Waals surface area contributed by atoms with Gasteiger partial charge < -0.3 is 5.32 Å². The van der Waals surface area contributed by atoms with E-state index in [2.05, 4.69) is 11.9 Å². The summed E-state index contributed by atoms with van der Waals surface area (Å²) in [5.41, 5.74) is 0. The Hall–Kier alpha value is -0.790. The molecule has 1 saturated heterocycles. The number of rotatable bonds is 2. The first-order chi connectivity index (χ1) is 4.74. The van der Waals surface area contributed by atoms with E-state index in [-0.39, 0.29) is 11.8 Å². The molecule has 1 heterocycles. The maximum Gasteiger partial charge on any atom is 0.223 e. The lowest BCUT2D eigenvalue weighted by Gasteiger charge is -1.99. The molecule has 0 bridgehead atoms. The molecule has 0 unspecified atom stereocenters. The van der Waals surface area contributed by atoms with Crippen molar-refractivity contribution in [1.29, 1.82) is 0 Å². The highest BCUT2D eigenvalue weighted by Gasteiger charge is 2.27. The first kappa shape index (κ1) is 7.32. The molecule has 0 radical (unpaired) electrons. The molecule has 0 saturated carbocycles. The number of hydrogen-bond acceptors (Lipinski definition) is 1. The van der Waals surface area contributed by atoms with Crippen LogP contribution in [0.3, 0.4) is 0 Å². The molecule has 1 amide bonds. The molecular formula is C8H13NO. The summed E-state index contributed by atoms with van der Waals surface area (Å²) < 4.78 is 0. The third kappa shape index (κ3) is 1.38. The minimum absolute atomic E-state index is 0.187. The average Bonchev–Trinajstić information content (AvgIpc) is 2.13. The number of nitrogens with one attached hydrogen (secondary N) is 1. The van der Waals surface area contributed by atoms with Gasteiger partial charge in [-0.05, 0) is 19.8 Å². The van der Waals surface area contributed by atoms with Gasteiger partial charge >= 0.3 is 0 Å². The van der Waals surface area contributed by atoms with E-state index in [1.165, 1.54) is 0 Å². The fourth-order valence-electron chi connectivity index (χ4n) is 1.36. The lowest BCUT2D eigenvalue weighted by atomic mass is 10.0. The molecule has 2 heteroatoms. The first-order valence-electron chi connectivity index (χ1n) is 3.65. The Morgan fingerprint density at radius 3 is 3.00 bits per heavy atom. The van der Waals surface area contributed by atoms with Crippen LogP contribution < -0.4 is 5.32 Å². The standard InChI is InChI=1S/C8H13NO/c1-3-4-7-5-6(2)9-8(7)10/h3,6-7H,1,4-5H2,2H3,(H,9,10)/t6-,7+/m0/s1. The minimum Gasteiger partial charge on any atom is -0.353 e. The quantitative estimate of drug-likeness (QED) is 0.570. The molecular weight excluding hydrogens is 126 g/mol. The van der Waals surface area contributed by atoms with Crippen LogP contribution >= 0.6 is 0 Å². The van der Waals surface area contributed by atoms with Crippen LogP contribution in [0.1, 0.15) is 19.8 Å². The second kappa shape index (κ2) is 2.86. The summed E-state index contributed by atoms with van der Waals surface area (Å²) in [6, 6.07) is 0.359. The molecule has 0 aromatic carbocycles. The van der Waals surface area contributed by atoms with Crippen molar-refractivity contribution in [2.24, 2.45) is 5.92 Å². The largest absolute Gasteiger partial charge is 0.353 e. The van der Waals surface area contributed by atoms with Crippen molar-refractivity contribution < 1.29 is 4.79 Å². The van der Waals surface area contributed by atoms with Gasteiger partial charge in [0.25, 0.3) is 0 Å². The van der Waals surface area contributed by atoms with Crippen molar-refractivity contribution in [1.82, 2.24) is 5.32 Å². The molecule has 0 aromatic heterocycles. The van der Waals surface area contributed by atoms with Crippen LogP contribution in [0, 0.1) is 5.92 Å². The topological polar surface area (TPSA) is 29.1 Å². The third-order valence-electron chi connectivity index (χ3n) is 1.85. The Kier molecular flexibility index (Phi) is 2.10. The van der Waals surface area contributed by atoms with Crippen LogP contribution in [0.25, 0.3) is 0 Å². The van der Waals surface area contributed by atoms with Crippen LogP contribution in [0.4, 0.5) is 0 Å². The van der Waals surface area contributed by atoms with Crippen LogP contribution in [0.15, 0.2) is 12.7 Å². The molecule has 1 aliphatic rings. The van der Waals surface area contributed by atoms with Gasteiger partial charge in [-0.15, -0.1) is 6.58 Å². The van der Waals surface area contributed by atoms with E-state index in [0.717, 1.165) is 12.8 Å². The Labute approximate surface area is 61.3 Å². The molecule has 1 aliphatic heterocycles. The molecule has 1 N–H and O–H groups in total. The monoisotopic (exact) mass is 139 g/mol. The third-order valence-corrected chi connectivity index (χ3v) is 1.85. The van der Waals surface area contributed by atoms with Gasteiger partial charge in [0, 0.05) is 12.0 Å². The van der Waals surface area contributed by atoms with E-state index in [0.29, 0.717) is 6.04 Å². The minimum atomic E-state index is 0.187. The van der Waals surface area contributed by atoms with Crippen LogP contribution in [-0.2, 0) is 4.79 Å². The lowest BCUT2D eigenvalue weighted by molar-refractivity contribution is -0.122. The first-order valence-corrected chi connectivity index (χ1v) is 3.65. The van der Waals surface area contributed by atoms with Crippen molar-refractivity contribution in [2.75, 3.05) is 0 Å². The molecule has 2 atom stereocenters. The van der Waals surface area contributed by atoms with Crippen LogP contribution in [0.5, 0.6) is 0 Å².